The lowest BCUT2D eigenvalue weighted by Gasteiger charge is -2.14. The van der Waals surface area contributed by atoms with Gasteiger partial charge in [-0.1, -0.05) is 68.8 Å². The molecule has 0 saturated carbocycles. The van der Waals surface area contributed by atoms with Crippen molar-refractivity contribution in [3.63, 3.8) is 0 Å². The standard InChI is InChI=1S/C34H38N6O/c1-23-13-16-26(17-14-23)40-32(22-30(39-40)34(2,3)4)38-33(41)37-29-18-15-25(27-11-6-7-12-28(27)29)10-8-9-24-19-20-36-31(21-24)35-5/h6-7,11-22H,8-10H2,1-5H3,(H,35,36)(H2,37,38,41). The number of fused-ring (bicyclic) bond motifs is 1. The van der Waals surface area contributed by atoms with Crippen LogP contribution in [0.1, 0.15) is 49.6 Å². The maximum atomic E-state index is 13.3. The average molecular weight is 547 g/mol. The van der Waals surface area contributed by atoms with Gasteiger partial charge in [0.15, 0.2) is 0 Å². The number of amides is 2. The first kappa shape index (κ1) is 27.9. The number of benzene rings is 3. The lowest BCUT2D eigenvalue weighted by Crippen LogP contribution is -2.21. The van der Waals surface area contributed by atoms with Gasteiger partial charge in [0.1, 0.15) is 11.6 Å². The molecular formula is C34H38N6O. The van der Waals surface area contributed by atoms with Gasteiger partial charge in [-0.05, 0) is 73.0 Å². The summed E-state index contributed by atoms with van der Waals surface area (Å²) in [7, 11) is 1.88. The fourth-order valence-electron chi connectivity index (χ4n) is 4.93. The molecule has 0 atom stereocenters. The topological polar surface area (TPSA) is 83.9 Å². The Morgan fingerprint density at radius 3 is 2.37 bits per heavy atom. The summed E-state index contributed by atoms with van der Waals surface area (Å²) in [6, 6.07) is 26.3. The minimum absolute atomic E-state index is 0.165. The fourth-order valence-corrected chi connectivity index (χ4v) is 4.93. The molecule has 210 valence electrons. The third-order valence-electron chi connectivity index (χ3n) is 7.25. The first-order valence-electron chi connectivity index (χ1n) is 14.1. The zero-order valence-corrected chi connectivity index (χ0v) is 24.5. The molecule has 0 aliphatic heterocycles. The molecule has 2 amide bonds. The Morgan fingerprint density at radius 1 is 0.878 bits per heavy atom. The van der Waals surface area contributed by atoms with Gasteiger partial charge >= 0.3 is 6.03 Å². The number of pyridine rings is 1. The Morgan fingerprint density at radius 2 is 1.63 bits per heavy atom. The van der Waals surface area contributed by atoms with Crippen LogP contribution >= 0.6 is 0 Å². The summed E-state index contributed by atoms with van der Waals surface area (Å²) >= 11 is 0. The number of hydrogen-bond acceptors (Lipinski definition) is 4. The van der Waals surface area contributed by atoms with Crippen LogP contribution < -0.4 is 16.0 Å². The maximum Gasteiger partial charge on any atom is 0.324 e. The number of rotatable bonds is 8. The molecule has 0 radical (unpaired) electrons. The van der Waals surface area contributed by atoms with Crippen LogP contribution in [0.4, 0.5) is 22.1 Å². The summed E-state index contributed by atoms with van der Waals surface area (Å²) in [4.78, 5) is 17.6. The van der Waals surface area contributed by atoms with Gasteiger partial charge < -0.3 is 10.6 Å². The molecular weight excluding hydrogens is 508 g/mol. The summed E-state index contributed by atoms with van der Waals surface area (Å²) in [5, 5.41) is 16.2. The number of aromatic nitrogens is 3. The highest BCUT2D eigenvalue weighted by Crippen LogP contribution is 2.29. The van der Waals surface area contributed by atoms with Gasteiger partial charge in [-0.3, -0.25) is 5.32 Å². The summed E-state index contributed by atoms with van der Waals surface area (Å²) in [6.45, 7) is 8.39. The van der Waals surface area contributed by atoms with Crippen LogP contribution in [0, 0.1) is 6.92 Å². The highest BCUT2D eigenvalue weighted by Gasteiger charge is 2.22. The molecule has 41 heavy (non-hydrogen) atoms. The molecule has 2 heterocycles. The molecule has 5 aromatic rings. The normalized spacial score (nSPS) is 11.4. The molecule has 0 fully saturated rings. The van der Waals surface area contributed by atoms with Gasteiger partial charge in [-0.2, -0.15) is 5.10 Å². The SMILES string of the molecule is CNc1cc(CCCc2ccc(NC(=O)Nc3cc(C(C)(C)C)nn3-c3ccc(C)cc3)c3ccccc23)ccn1. The van der Waals surface area contributed by atoms with E-state index >= 15 is 0 Å². The molecule has 0 spiro atoms. The van der Waals surface area contributed by atoms with Crippen molar-refractivity contribution >= 4 is 34.1 Å². The number of nitrogens with zero attached hydrogens (tertiary/aromatic N) is 3. The number of nitrogens with one attached hydrogen (secondary N) is 3. The lowest BCUT2D eigenvalue weighted by molar-refractivity contribution is 0.262. The maximum absolute atomic E-state index is 13.3. The predicted octanol–water partition coefficient (Wildman–Crippen LogP) is 7.89. The quantitative estimate of drug-likeness (QED) is 0.185. The van der Waals surface area contributed by atoms with Gasteiger partial charge in [-0.25, -0.2) is 14.5 Å². The van der Waals surface area contributed by atoms with Crippen molar-refractivity contribution in [1.82, 2.24) is 14.8 Å². The lowest BCUT2D eigenvalue weighted by atomic mass is 9.92. The second kappa shape index (κ2) is 11.8. The van der Waals surface area contributed by atoms with Crippen molar-refractivity contribution in [2.75, 3.05) is 23.0 Å². The van der Waals surface area contributed by atoms with Crippen molar-refractivity contribution in [3.8, 4) is 5.69 Å². The van der Waals surface area contributed by atoms with E-state index in [-0.39, 0.29) is 11.4 Å². The highest BCUT2D eigenvalue weighted by molar-refractivity contribution is 6.06. The number of carbonyl (C=O) groups is 1. The third kappa shape index (κ3) is 6.57. The molecule has 3 N–H and O–H groups in total. The van der Waals surface area contributed by atoms with Crippen LogP contribution in [-0.2, 0) is 18.3 Å². The van der Waals surface area contributed by atoms with Crippen LogP contribution in [-0.4, -0.2) is 27.8 Å². The van der Waals surface area contributed by atoms with Crippen LogP contribution in [0.15, 0.2) is 85.1 Å². The van der Waals surface area contributed by atoms with E-state index in [4.69, 9.17) is 5.10 Å². The summed E-state index contributed by atoms with van der Waals surface area (Å²) in [5.41, 5.74) is 6.10. The van der Waals surface area contributed by atoms with Gasteiger partial charge in [0.05, 0.1) is 17.1 Å². The Labute approximate surface area is 242 Å². The molecule has 5 rings (SSSR count). The monoisotopic (exact) mass is 546 g/mol. The van der Waals surface area contributed by atoms with Crippen LogP contribution in [0.5, 0.6) is 0 Å². The van der Waals surface area contributed by atoms with Crippen LogP contribution in [0.3, 0.4) is 0 Å². The van der Waals surface area contributed by atoms with Gasteiger partial charge in [0.25, 0.3) is 0 Å². The van der Waals surface area contributed by atoms with Crippen molar-refractivity contribution in [2.45, 2.75) is 52.4 Å². The molecule has 0 aliphatic carbocycles. The van der Waals surface area contributed by atoms with Gasteiger partial charge in [0.2, 0.25) is 0 Å². The Hall–Kier alpha value is -4.65. The molecule has 7 heteroatoms. The fraction of sp³-hybridized carbons (Fsp3) is 0.265. The minimum atomic E-state index is -0.311. The van der Waals surface area contributed by atoms with Crippen molar-refractivity contribution in [2.24, 2.45) is 0 Å². The van der Waals surface area contributed by atoms with E-state index in [1.807, 2.05) is 61.8 Å². The van der Waals surface area contributed by atoms with Crippen LogP contribution in [0.25, 0.3) is 16.5 Å². The molecule has 2 aromatic heterocycles. The van der Waals surface area contributed by atoms with E-state index in [2.05, 4.69) is 79.0 Å². The third-order valence-corrected chi connectivity index (χ3v) is 7.25. The molecule has 0 saturated heterocycles. The molecule has 3 aromatic carbocycles. The van der Waals surface area contributed by atoms with E-state index in [1.54, 1.807) is 4.68 Å². The van der Waals surface area contributed by atoms with E-state index in [1.165, 1.54) is 16.7 Å². The molecule has 0 bridgehead atoms. The van der Waals surface area contributed by atoms with Crippen molar-refractivity contribution < 1.29 is 4.79 Å². The zero-order chi connectivity index (χ0) is 29.0. The second-order valence-corrected chi connectivity index (χ2v) is 11.5. The first-order chi connectivity index (χ1) is 19.7. The summed E-state index contributed by atoms with van der Waals surface area (Å²) in [5.74, 6) is 1.51. The van der Waals surface area contributed by atoms with Gasteiger partial charge in [-0.15, -0.1) is 0 Å². The number of anilines is 3. The minimum Gasteiger partial charge on any atom is -0.373 e. The Kier molecular flexibility index (Phi) is 8.06. The number of aryl methyl sites for hydroxylation is 3. The smallest absolute Gasteiger partial charge is 0.324 e. The van der Waals surface area contributed by atoms with E-state index in [0.717, 1.165) is 52.9 Å². The average Bonchev–Trinajstić information content (AvgIpc) is 3.39. The molecule has 0 unspecified atom stereocenters. The van der Waals surface area contributed by atoms with Gasteiger partial charge in [0, 0.05) is 30.1 Å². The van der Waals surface area contributed by atoms with E-state index in [0.29, 0.717) is 5.82 Å². The first-order valence-corrected chi connectivity index (χ1v) is 14.1. The van der Waals surface area contributed by atoms with E-state index < -0.39 is 0 Å². The molecule has 0 aliphatic rings. The zero-order valence-electron chi connectivity index (χ0n) is 24.5. The Balaban J connectivity index is 1.34. The molecule has 7 nitrogen and oxygen atoms in total. The Bertz CT molecular complexity index is 1660. The highest BCUT2D eigenvalue weighted by atomic mass is 16.2. The van der Waals surface area contributed by atoms with Crippen molar-refractivity contribution in [1.29, 1.82) is 0 Å². The number of carbonyl (C=O) groups excluding carboxylic acids is 1. The van der Waals surface area contributed by atoms with E-state index in [9.17, 15) is 4.79 Å². The largest absolute Gasteiger partial charge is 0.373 e. The predicted molar refractivity (Wildman–Crippen MR) is 169 cm³/mol. The number of hydrogen-bond donors (Lipinski definition) is 3. The summed E-state index contributed by atoms with van der Waals surface area (Å²) < 4.78 is 1.79. The second-order valence-electron chi connectivity index (χ2n) is 11.5. The van der Waals surface area contributed by atoms with Crippen molar-refractivity contribution in [3.05, 3.63) is 107 Å². The van der Waals surface area contributed by atoms with Crippen LogP contribution in [0.2, 0.25) is 0 Å². The number of urea groups is 1. The summed E-state index contributed by atoms with van der Waals surface area (Å²) in [6.07, 6.45) is 4.78.